The first-order chi connectivity index (χ1) is 13.3. The molecule has 160 valence electrons. The molecule has 0 amide bonds. The molecule has 1 heteroatoms. The summed E-state index contributed by atoms with van der Waals surface area (Å²) in [7, 11) is 0. The summed E-state index contributed by atoms with van der Waals surface area (Å²) >= 11 is 0. The van der Waals surface area contributed by atoms with Crippen molar-refractivity contribution in [1.29, 1.82) is 0 Å². The summed E-state index contributed by atoms with van der Waals surface area (Å²) in [5.41, 5.74) is 1.09. The predicted molar refractivity (Wildman–Crippen MR) is 119 cm³/mol. The van der Waals surface area contributed by atoms with Crippen molar-refractivity contribution in [3.8, 4) is 0 Å². The molecular formula is C27H46O. The van der Waals surface area contributed by atoms with Gasteiger partial charge in [-0.25, -0.2) is 0 Å². The molecule has 0 bridgehead atoms. The van der Waals surface area contributed by atoms with Gasteiger partial charge in [0.05, 0.1) is 6.10 Å². The van der Waals surface area contributed by atoms with E-state index in [1.54, 1.807) is 0 Å². The number of aliphatic hydroxyl groups excluding tert-OH is 1. The van der Waals surface area contributed by atoms with E-state index in [1.807, 2.05) is 0 Å². The summed E-state index contributed by atoms with van der Waals surface area (Å²) in [6, 6.07) is 0. The first-order valence-electron chi connectivity index (χ1n) is 12.6. The molecule has 28 heavy (non-hydrogen) atoms. The minimum Gasteiger partial charge on any atom is -0.393 e. The fraction of sp³-hybridized carbons (Fsp3) is 0.926. The van der Waals surface area contributed by atoms with Crippen LogP contribution in [0.1, 0.15) is 98.8 Å². The van der Waals surface area contributed by atoms with Crippen molar-refractivity contribution >= 4 is 0 Å². The first kappa shape index (κ1) is 21.0. The van der Waals surface area contributed by atoms with Crippen LogP contribution in [-0.4, -0.2) is 11.2 Å². The van der Waals surface area contributed by atoms with E-state index in [2.05, 4.69) is 46.8 Å². The maximum Gasteiger partial charge on any atom is 0.0543 e. The van der Waals surface area contributed by atoms with Gasteiger partial charge in [-0.05, 0) is 116 Å². The van der Waals surface area contributed by atoms with Crippen molar-refractivity contribution in [3.05, 3.63) is 12.2 Å². The molecule has 4 fully saturated rings. The van der Waals surface area contributed by atoms with Gasteiger partial charge in [0.25, 0.3) is 0 Å². The summed E-state index contributed by atoms with van der Waals surface area (Å²) in [6.45, 7) is 12.4. The van der Waals surface area contributed by atoms with Gasteiger partial charge >= 0.3 is 0 Å². The molecule has 4 saturated carbocycles. The summed E-state index contributed by atoms with van der Waals surface area (Å²) in [4.78, 5) is 0. The third-order valence-electron chi connectivity index (χ3n) is 10.4. The Balaban J connectivity index is 1.50. The lowest BCUT2D eigenvalue weighted by Gasteiger charge is -2.61. The molecule has 0 aliphatic heterocycles. The molecular weight excluding hydrogens is 340 g/mol. The Morgan fingerprint density at radius 3 is 2.36 bits per heavy atom. The molecule has 0 unspecified atom stereocenters. The number of fused-ring (bicyclic) bond motifs is 5. The van der Waals surface area contributed by atoms with Gasteiger partial charge in [0, 0.05) is 0 Å². The molecule has 0 aromatic heterocycles. The smallest absolute Gasteiger partial charge is 0.0543 e. The van der Waals surface area contributed by atoms with E-state index >= 15 is 0 Å². The second kappa shape index (κ2) is 7.75. The van der Waals surface area contributed by atoms with Crippen molar-refractivity contribution < 1.29 is 5.11 Å². The maximum absolute atomic E-state index is 10.2. The Bertz CT molecular complexity index is 579. The van der Waals surface area contributed by atoms with Crippen molar-refractivity contribution in [1.82, 2.24) is 0 Å². The topological polar surface area (TPSA) is 20.2 Å². The summed E-state index contributed by atoms with van der Waals surface area (Å²) in [6.07, 6.45) is 18.3. The Morgan fingerprint density at radius 1 is 0.893 bits per heavy atom. The van der Waals surface area contributed by atoms with E-state index in [0.29, 0.717) is 10.8 Å². The van der Waals surface area contributed by atoms with Crippen LogP contribution in [0.5, 0.6) is 0 Å². The Labute approximate surface area is 174 Å². The lowest BCUT2D eigenvalue weighted by atomic mass is 9.44. The van der Waals surface area contributed by atoms with Gasteiger partial charge < -0.3 is 5.11 Å². The maximum atomic E-state index is 10.2. The molecule has 0 spiro atoms. The molecule has 0 aromatic carbocycles. The van der Waals surface area contributed by atoms with Crippen LogP contribution in [0, 0.1) is 52.3 Å². The Morgan fingerprint density at radius 2 is 1.61 bits per heavy atom. The second-order valence-corrected chi connectivity index (χ2v) is 12.2. The lowest BCUT2D eigenvalue weighted by Crippen LogP contribution is -2.54. The predicted octanol–water partition coefficient (Wildman–Crippen LogP) is 7.24. The van der Waals surface area contributed by atoms with Gasteiger partial charge in [0.15, 0.2) is 0 Å². The van der Waals surface area contributed by atoms with Gasteiger partial charge in [0.2, 0.25) is 0 Å². The van der Waals surface area contributed by atoms with Crippen LogP contribution in [0.25, 0.3) is 0 Å². The SMILES string of the molecule is CC(C)C/C=C/[C@H](C)[C@H]1CC[C@H]2[C@@H]3CC[C@H]4C[C@@H](O)CC[C@]4(C)[C@H]3CC[C@]12C. The molecule has 0 heterocycles. The molecule has 0 saturated heterocycles. The molecule has 0 radical (unpaired) electrons. The molecule has 4 aliphatic rings. The minimum absolute atomic E-state index is 0.0159. The van der Waals surface area contributed by atoms with Crippen LogP contribution < -0.4 is 0 Å². The Kier molecular flexibility index (Phi) is 5.80. The van der Waals surface area contributed by atoms with Crippen LogP contribution in [-0.2, 0) is 0 Å². The van der Waals surface area contributed by atoms with Crippen LogP contribution in [0.3, 0.4) is 0 Å². The van der Waals surface area contributed by atoms with Crippen LogP contribution in [0.15, 0.2) is 12.2 Å². The molecule has 4 rings (SSSR count). The number of hydrogen-bond donors (Lipinski definition) is 1. The van der Waals surface area contributed by atoms with Gasteiger partial charge in [0.1, 0.15) is 0 Å². The van der Waals surface area contributed by atoms with E-state index in [1.165, 1.54) is 51.4 Å². The van der Waals surface area contributed by atoms with Crippen molar-refractivity contribution in [3.63, 3.8) is 0 Å². The van der Waals surface area contributed by atoms with Gasteiger partial charge in [-0.1, -0.05) is 46.8 Å². The number of aliphatic hydroxyl groups is 1. The Hall–Kier alpha value is -0.300. The summed E-state index contributed by atoms with van der Waals surface area (Å²) in [5.74, 6) is 6.05. The normalized spacial score (nSPS) is 49.7. The van der Waals surface area contributed by atoms with Gasteiger partial charge in [-0.3, -0.25) is 0 Å². The zero-order valence-corrected chi connectivity index (χ0v) is 19.3. The third kappa shape index (κ3) is 3.42. The quantitative estimate of drug-likeness (QED) is 0.505. The highest BCUT2D eigenvalue weighted by atomic mass is 16.3. The van der Waals surface area contributed by atoms with Crippen molar-refractivity contribution in [2.75, 3.05) is 0 Å². The van der Waals surface area contributed by atoms with Crippen molar-refractivity contribution in [2.24, 2.45) is 52.3 Å². The first-order valence-corrected chi connectivity index (χ1v) is 12.6. The van der Waals surface area contributed by atoms with Crippen LogP contribution >= 0.6 is 0 Å². The third-order valence-corrected chi connectivity index (χ3v) is 10.4. The monoisotopic (exact) mass is 386 g/mol. The average Bonchev–Trinajstić information content (AvgIpc) is 2.99. The van der Waals surface area contributed by atoms with Gasteiger partial charge in [-0.2, -0.15) is 0 Å². The molecule has 9 atom stereocenters. The highest BCUT2D eigenvalue weighted by Crippen LogP contribution is 2.68. The fourth-order valence-corrected chi connectivity index (χ4v) is 8.84. The summed E-state index contributed by atoms with van der Waals surface area (Å²) in [5, 5.41) is 10.2. The fourth-order valence-electron chi connectivity index (χ4n) is 8.84. The zero-order chi connectivity index (χ0) is 20.1. The van der Waals surface area contributed by atoms with E-state index in [0.717, 1.165) is 54.3 Å². The molecule has 1 nitrogen and oxygen atoms in total. The second-order valence-electron chi connectivity index (χ2n) is 12.2. The summed E-state index contributed by atoms with van der Waals surface area (Å²) < 4.78 is 0. The lowest BCUT2D eigenvalue weighted by molar-refractivity contribution is -0.128. The van der Waals surface area contributed by atoms with Gasteiger partial charge in [-0.15, -0.1) is 0 Å². The molecule has 0 aromatic rings. The number of rotatable bonds is 4. The largest absolute Gasteiger partial charge is 0.393 e. The number of hydrogen-bond acceptors (Lipinski definition) is 1. The number of allylic oxidation sites excluding steroid dienone is 2. The van der Waals surface area contributed by atoms with E-state index in [9.17, 15) is 5.11 Å². The average molecular weight is 387 g/mol. The van der Waals surface area contributed by atoms with E-state index < -0.39 is 0 Å². The van der Waals surface area contributed by atoms with Crippen LogP contribution in [0.2, 0.25) is 0 Å². The van der Waals surface area contributed by atoms with Crippen LogP contribution in [0.4, 0.5) is 0 Å². The molecule has 1 N–H and O–H groups in total. The minimum atomic E-state index is -0.0159. The molecule has 4 aliphatic carbocycles. The highest BCUT2D eigenvalue weighted by molar-refractivity contribution is 5.11. The zero-order valence-electron chi connectivity index (χ0n) is 19.3. The van der Waals surface area contributed by atoms with E-state index in [4.69, 9.17) is 0 Å². The standard InChI is InChI=1S/C27H46O/c1-18(2)7-6-8-19(3)23-11-12-24-22-10-9-20-17-21(28)13-15-26(20,4)25(22)14-16-27(23,24)5/h6,8,18-25,28H,7,9-17H2,1-5H3/b8-6+/t19-,20-,21-,22-,23+,24-,25-,26-,27+/m0/s1. The highest BCUT2D eigenvalue weighted by Gasteiger charge is 2.60. The van der Waals surface area contributed by atoms with Crippen molar-refractivity contribution in [2.45, 2.75) is 105 Å². The van der Waals surface area contributed by atoms with E-state index in [-0.39, 0.29) is 6.10 Å².